The maximum absolute atomic E-state index is 13.2. The molecular weight excluding hydrogens is 470 g/mol. The highest BCUT2D eigenvalue weighted by molar-refractivity contribution is 14.0. The summed E-state index contributed by atoms with van der Waals surface area (Å²) in [4.78, 5) is 16.2. The molecule has 0 bridgehead atoms. The Morgan fingerprint density at radius 1 is 1.11 bits per heavy atom. The summed E-state index contributed by atoms with van der Waals surface area (Å²) >= 11 is 0. The lowest BCUT2D eigenvalue weighted by Gasteiger charge is -2.43. The molecule has 1 aliphatic rings. The number of halogens is 2. The number of rotatable bonds is 6. The second kappa shape index (κ2) is 10.4. The van der Waals surface area contributed by atoms with E-state index in [9.17, 15) is 9.18 Å². The van der Waals surface area contributed by atoms with Gasteiger partial charge in [-0.1, -0.05) is 42.8 Å². The van der Waals surface area contributed by atoms with Crippen LogP contribution in [0.25, 0.3) is 0 Å². The van der Waals surface area contributed by atoms with Crippen LogP contribution < -0.4 is 16.0 Å². The Morgan fingerprint density at radius 2 is 1.86 bits per heavy atom. The summed E-state index contributed by atoms with van der Waals surface area (Å²) in [5.41, 5.74) is 1.90. The van der Waals surface area contributed by atoms with Gasteiger partial charge >= 0.3 is 0 Å². The van der Waals surface area contributed by atoms with E-state index in [0.29, 0.717) is 11.6 Å². The molecule has 0 aliphatic heterocycles. The SMILES string of the molecule is CN=C(NCC(=O)Nc1cccc(F)c1)NCC1(c2ccccc2)CCC1.I. The standard InChI is InChI=1S/C21H25FN4O.HI/c1-23-20(24-14-19(27)26-18-10-5-9-17(22)13-18)25-15-21(11-6-12-21)16-7-3-2-4-8-16;/h2-5,7-10,13H,6,11-12,14-15H2,1H3,(H,26,27)(H2,23,24,25);1H. The van der Waals surface area contributed by atoms with Gasteiger partial charge in [0.15, 0.2) is 5.96 Å². The first-order valence-electron chi connectivity index (χ1n) is 9.17. The van der Waals surface area contributed by atoms with Crippen LogP contribution in [0.3, 0.4) is 0 Å². The van der Waals surface area contributed by atoms with Gasteiger partial charge in [-0.05, 0) is 36.6 Å². The molecular formula is C21H26FIN4O. The molecule has 0 heterocycles. The Bertz CT molecular complexity index is 809. The number of nitrogens with zero attached hydrogens (tertiary/aromatic N) is 1. The summed E-state index contributed by atoms with van der Waals surface area (Å²) < 4.78 is 13.2. The Labute approximate surface area is 182 Å². The van der Waals surface area contributed by atoms with Crippen LogP contribution in [-0.2, 0) is 10.2 Å². The van der Waals surface area contributed by atoms with Crippen molar-refractivity contribution in [2.45, 2.75) is 24.7 Å². The molecule has 3 N–H and O–H groups in total. The zero-order chi connectivity index (χ0) is 19.1. The monoisotopic (exact) mass is 496 g/mol. The smallest absolute Gasteiger partial charge is 0.243 e. The third-order valence-corrected chi connectivity index (χ3v) is 5.04. The minimum atomic E-state index is -0.384. The Morgan fingerprint density at radius 3 is 2.46 bits per heavy atom. The van der Waals surface area contributed by atoms with Crippen LogP contribution in [0.2, 0.25) is 0 Å². The summed E-state index contributed by atoms with van der Waals surface area (Å²) in [6.45, 7) is 0.816. The van der Waals surface area contributed by atoms with Crippen molar-refractivity contribution in [3.8, 4) is 0 Å². The molecule has 5 nitrogen and oxygen atoms in total. The first-order valence-corrected chi connectivity index (χ1v) is 9.17. The van der Waals surface area contributed by atoms with Gasteiger partial charge in [-0.2, -0.15) is 0 Å². The van der Waals surface area contributed by atoms with Crippen LogP contribution in [0.1, 0.15) is 24.8 Å². The number of hydrogen-bond donors (Lipinski definition) is 3. The fourth-order valence-corrected chi connectivity index (χ4v) is 3.37. The summed E-state index contributed by atoms with van der Waals surface area (Å²) in [6, 6.07) is 16.3. The molecule has 150 valence electrons. The maximum atomic E-state index is 13.2. The van der Waals surface area contributed by atoms with Crippen molar-refractivity contribution in [1.82, 2.24) is 10.6 Å². The van der Waals surface area contributed by atoms with Gasteiger partial charge in [-0.25, -0.2) is 4.39 Å². The Balaban J connectivity index is 0.00000280. The fourth-order valence-electron chi connectivity index (χ4n) is 3.37. The highest BCUT2D eigenvalue weighted by Crippen LogP contribution is 2.43. The van der Waals surface area contributed by atoms with E-state index in [1.54, 1.807) is 19.2 Å². The number of anilines is 1. The predicted molar refractivity (Wildman–Crippen MR) is 122 cm³/mol. The third-order valence-electron chi connectivity index (χ3n) is 5.04. The topological polar surface area (TPSA) is 65.5 Å². The lowest BCUT2D eigenvalue weighted by molar-refractivity contribution is -0.115. The van der Waals surface area contributed by atoms with E-state index in [4.69, 9.17) is 0 Å². The number of guanidine groups is 1. The maximum Gasteiger partial charge on any atom is 0.243 e. The molecule has 7 heteroatoms. The van der Waals surface area contributed by atoms with Gasteiger partial charge in [-0.3, -0.25) is 9.79 Å². The highest BCUT2D eigenvalue weighted by Gasteiger charge is 2.38. The second-order valence-electron chi connectivity index (χ2n) is 6.84. The van der Waals surface area contributed by atoms with Crippen molar-refractivity contribution >= 4 is 41.5 Å². The van der Waals surface area contributed by atoms with Crippen molar-refractivity contribution < 1.29 is 9.18 Å². The lowest BCUT2D eigenvalue weighted by atomic mass is 9.64. The normalized spacial score (nSPS) is 15.0. The molecule has 28 heavy (non-hydrogen) atoms. The van der Waals surface area contributed by atoms with Crippen molar-refractivity contribution in [1.29, 1.82) is 0 Å². The van der Waals surface area contributed by atoms with Crippen molar-refractivity contribution in [2.75, 3.05) is 25.5 Å². The first kappa shape index (κ1) is 22.1. The quantitative estimate of drug-likeness (QED) is 0.325. The van der Waals surface area contributed by atoms with Gasteiger partial charge in [0.25, 0.3) is 0 Å². The number of amides is 1. The van der Waals surface area contributed by atoms with E-state index in [1.165, 1.54) is 24.1 Å². The van der Waals surface area contributed by atoms with Gasteiger partial charge < -0.3 is 16.0 Å². The Kier molecular flexibility index (Phi) is 8.22. The molecule has 0 aromatic heterocycles. The summed E-state index contributed by atoms with van der Waals surface area (Å²) in [7, 11) is 1.68. The molecule has 2 aromatic carbocycles. The van der Waals surface area contributed by atoms with Crippen LogP contribution in [0.5, 0.6) is 0 Å². The van der Waals surface area contributed by atoms with Crippen LogP contribution >= 0.6 is 24.0 Å². The molecule has 1 aliphatic carbocycles. The molecule has 1 saturated carbocycles. The van der Waals surface area contributed by atoms with Crippen molar-refractivity contribution in [3.05, 3.63) is 66.0 Å². The van der Waals surface area contributed by atoms with E-state index < -0.39 is 0 Å². The number of benzene rings is 2. The molecule has 0 saturated heterocycles. The van der Waals surface area contributed by atoms with E-state index in [0.717, 1.165) is 19.4 Å². The zero-order valence-electron chi connectivity index (χ0n) is 15.9. The molecule has 3 rings (SSSR count). The van der Waals surface area contributed by atoms with Gasteiger partial charge in [-0.15, -0.1) is 24.0 Å². The molecule has 1 amide bonds. The van der Waals surface area contributed by atoms with Crippen molar-refractivity contribution in [3.63, 3.8) is 0 Å². The van der Waals surface area contributed by atoms with E-state index in [-0.39, 0.29) is 47.7 Å². The van der Waals surface area contributed by atoms with Gasteiger partial charge in [0.1, 0.15) is 5.82 Å². The lowest BCUT2D eigenvalue weighted by Crippen LogP contribution is -2.49. The molecule has 0 spiro atoms. The minimum absolute atomic E-state index is 0. The fraction of sp³-hybridized carbons (Fsp3) is 0.333. The Hall–Kier alpha value is -2.16. The van der Waals surface area contributed by atoms with E-state index >= 15 is 0 Å². The number of carbonyl (C=O) groups is 1. The van der Waals surface area contributed by atoms with Gasteiger partial charge in [0.05, 0.1) is 6.54 Å². The number of carbonyl (C=O) groups excluding carboxylic acids is 1. The van der Waals surface area contributed by atoms with E-state index in [1.807, 2.05) is 6.07 Å². The van der Waals surface area contributed by atoms with Gasteiger partial charge in [0.2, 0.25) is 5.91 Å². The molecule has 0 atom stereocenters. The summed E-state index contributed by atoms with van der Waals surface area (Å²) in [6.07, 6.45) is 3.50. The van der Waals surface area contributed by atoms with Crippen LogP contribution in [0, 0.1) is 5.82 Å². The number of aliphatic imine (C=N–C) groups is 1. The van der Waals surface area contributed by atoms with Crippen molar-refractivity contribution in [2.24, 2.45) is 4.99 Å². The minimum Gasteiger partial charge on any atom is -0.356 e. The number of hydrogen-bond acceptors (Lipinski definition) is 2. The zero-order valence-corrected chi connectivity index (χ0v) is 18.2. The average molecular weight is 496 g/mol. The predicted octanol–water partition coefficient (Wildman–Crippen LogP) is 3.67. The average Bonchev–Trinajstić information content (AvgIpc) is 2.64. The largest absolute Gasteiger partial charge is 0.356 e. The second-order valence-corrected chi connectivity index (χ2v) is 6.84. The summed E-state index contributed by atoms with van der Waals surface area (Å²) in [5.74, 6) is -0.0680. The third kappa shape index (κ3) is 5.67. The molecule has 2 aromatic rings. The van der Waals surface area contributed by atoms with Crippen LogP contribution in [0.4, 0.5) is 10.1 Å². The number of nitrogens with one attached hydrogen (secondary N) is 3. The van der Waals surface area contributed by atoms with Crippen LogP contribution in [0.15, 0.2) is 59.6 Å². The summed E-state index contributed by atoms with van der Waals surface area (Å²) in [5, 5.41) is 9.01. The van der Waals surface area contributed by atoms with Crippen LogP contribution in [-0.4, -0.2) is 32.0 Å². The van der Waals surface area contributed by atoms with Gasteiger partial charge in [0, 0.05) is 24.7 Å². The molecule has 1 fully saturated rings. The highest BCUT2D eigenvalue weighted by atomic mass is 127. The first-order chi connectivity index (χ1) is 13.1. The molecule has 0 unspecified atom stereocenters. The molecule has 0 radical (unpaired) electrons. The van der Waals surface area contributed by atoms with E-state index in [2.05, 4.69) is 45.2 Å².